The summed E-state index contributed by atoms with van der Waals surface area (Å²) in [5.41, 5.74) is -0.983. The van der Waals surface area contributed by atoms with Crippen molar-refractivity contribution in [2.75, 3.05) is 5.32 Å². The van der Waals surface area contributed by atoms with Gasteiger partial charge in [0.05, 0.1) is 5.69 Å². The van der Waals surface area contributed by atoms with Gasteiger partial charge in [-0.1, -0.05) is 29.8 Å². The number of anilines is 1. The van der Waals surface area contributed by atoms with Crippen molar-refractivity contribution < 1.29 is 4.79 Å². The zero-order chi connectivity index (χ0) is 19.4. The Labute approximate surface area is 158 Å². The van der Waals surface area contributed by atoms with Crippen molar-refractivity contribution in [3.8, 4) is 17.8 Å². The molecule has 0 unspecified atom stereocenters. The van der Waals surface area contributed by atoms with Crippen molar-refractivity contribution in [1.29, 1.82) is 10.5 Å². The Morgan fingerprint density at radius 2 is 1.70 bits per heavy atom. The minimum atomic E-state index is -0.762. The molecule has 27 heavy (non-hydrogen) atoms. The third kappa shape index (κ3) is 3.54. The average molecular weight is 376 g/mol. The highest BCUT2D eigenvalue weighted by Crippen LogP contribution is 2.18. The minimum Gasteiger partial charge on any atom is -0.318 e. The molecule has 0 fully saturated rings. The van der Waals surface area contributed by atoms with E-state index in [1.165, 1.54) is 12.1 Å². The molecule has 0 radical (unpaired) electrons. The molecular weight excluding hydrogens is 366 g/mol. The molecule has 130 valence electrons. The Balaban J connectivity index is 2.13. The van der Waals surface area contributed by atoms with Crippen molar-refractivity contribution >= 4 is 23.2 Å². The first kappa shape index (κ1) is 17.9. The highest BCUT2D eigenvalue weighted by atomic mass is 35.5. The maximum absolute atomic E-state index is 12.7. The second kappa shape index (κ2) is 7.52. The van der Waals surface area contributed by atoms with Gasteiger partial charge >= 0.3 is 0 Å². The number of nitrogens with one attached hydrogen (secondary N) is 1. The van der Waals surface area contributed by atoms with Gasteiger partial charge in [-0.05, 0) is 36.4 Å². The molecule has 0 saturated heterocycles. The van der Waals surface area contributed by atoms with Crippen molar-refractivity contribution in [3.63, 3.8) is 0 Å². The van der Waals surface area contributed by atoms with E-state index in [0.29, 0.717) is 16.3 Å². The molecule has 0 aliphatic heterocycles. The monoisotopic (exact) mass is 375 g/mol. The highest BCUT2D eigenvalue weighted by molar-refractivity contribution is 6.30. The van der Waals surface area contributed by atoms with Gasteiger partial charge in [0.1, 0.15) is 23.4 Å². The summed E-state index contributed by atoms with van der Waals surface area (Å²) in [5, 5.41) is 25.7. The molecule has 1 aromatic heterocycles. The van der Waals surface area contributed by atoms with Crippen LogP contribution in [0.4, 0.5) is 5.69 Å². The number of amides is 1. The van der Waals surface area contributed by atoms with E-state index in [0.717, 1.165) is 4.68 Å². The zero-order valence-corrected chi connectivity index (χ0v) is 14.4. The van der Waals surface area contributed by atoms with E-state index in [-0.39, 0.29) is 16.9 Å². The smallest absolute Gasteiger partial charge is 0.291 e. The van der Waals surface area contributed by atoms with Crippen molar-refractivity contribution in [3.05, 3.63) is 86.8 Å². The molecule has 0 spiro atoms. The summed E-state index contributed by atoms with van der Waals surface area (Å²) >= 11 is 5.84. The van der Waals surface area contributed by atoms with Crippen LogP contribution in [-0.4, -0.2) is 15.7 Å². The van der Waals surface area contributed by atoms with Crippen LogP contribution in [0.15, 0.2) is 59.4 Å². The maximum Gasteiger partial charge on any atom is 0.291 e. The molecule has 0 bridgehead atoms. The van der Waals surface area contributed by atoms with E-state index in [9.17, 15) is 20.1 Å². The van der Waals surface area contributed by atoms with E-state index in [4.69, 9.17) is 11.6 Å². The van der Waals surface area contributed by atoms with Gasteiger partial charge in [0.25, 0.3) is 11.5 Å². The third-order valence-electron chi connectivity index (χ3n) is 3.66. The highest BCUT2D eigenvalue weighted by Gasteiger charge is 2.20. The number of carbonyl (C=O) groups is 1. The average Bonchev–Trinajstić information content (AvgIpc) is 2.70. The topological polar surface area (TPSA) is 112 Å². The number of nitriles is 2. The fourth-order valence-corrected chi connectivity index (χ4v) is 2.49. The first-order chi connectivity index (χ1) is 13.0. The van der Waals surface area contributed by atoms with Crippen LogP contribution < -0.4 is 10.9 Å². The molecule has 1 heterocycles. The molecule has 7 nitrogen and oxygen atoms in total. The fraction of sp³-hybridized carbons (Fsp3) is 0. The number of aromatic nitrogens is 2. The predicted molar refractivity (Wildman–Crippen MR) is 98.7 cm³/mol. The number of carbonyl (C=O) groups excluding carboxylic acids is 1. The van der Waals surface area contributed by atoms with Crippen molar-refractivity contribution in [1.82, 2.24) is 9.78 Å². The molecular formula is C19H10ClN5O2. The van der Waals surface area contributed by atoms with Crippen LogP contribution >= 0.6 is 11.6 Å². The predicted octanol–water partition coefficient (Wildman–Crippen LogP) is 2.88. The first-order valence-electron chi connectivity index (χ1n) is 7.65. The van der Waals surface area contributed by atoms with Crippen LogP contribution in [0.5, 0.6) is 0 Å². The molecule has 0 aliphatic rings. The Bertz CT molecular complexity index is 1160. The van der Waals surface area contributed by atoms with Gasteiger partial charge in [0.15, 0.2) is 5.69 Å². The molecule has 0 atom stereocenters. The van der Waals surface area contributed by atoms with E-state index >= 15 is 0 Å². The molecule has 1 amide bonds. The summed E-state index contributed by atoms with van der Waals surface area (Å²) in [6, 6.07) is 17.9. The summed E-state index contributed by atoms with van der Waals surface area (Å²) in [5.74, 6) is -0.561. The number of benzene rings is 2. The molecule has 0 aliphatic carbocycles. The van der Waals surface area contributed by atoms with Crippen molar-refractivity contribution in [2.45, 2.75) is 0 Å². The van der Waals surface area contributed by atoms with E-state index in [1.807, 2.05) is 6.07 Å². The summed E-state index contributed by atoms with van der Waals surface area (Å²) in [6.07, 6.45) is 0. The summed E-state index contributed by atoms with van der Waals surface area (Å²) in [4.78, 5) is 25.0. The SMILES string of the molecule is N#Cc1nn(-c2ccc(Cl)cc2)c(=O)c(C#N)c1NC(=O)c1ccccc1. The first-order valence-corrected chi connectivity index (χ1v) is 8.03. The number of halogens is 1. The van der Waals surface area contributed by atoms with Gasteiger partial charge in [-0.15, -0.1) is 0 Å². The van der Waals surface area contributed by atoms with Crippen molar-refractivity contribution in [2.24, 2.45) is 0 Å². The molecule has 0 saturated carbocycles. The van der Waals surface area contributed by atoms with Crippen LogP contribution in [-0.2, 0) is 0 Å². The molecule has 8 heteroatoms. The second-order valence-electron chi connectivity index (χ2n) is 5.34. The van der Waals surface area contributed by atoms with E-state index < -0.39 is 11.5 Å². The summed E-state index contributed by atoms with van der Waals surface area (Å²) in [6.45, 7) is 0. The summed E-state index contributed by atoms with van der Waals surface area (Å²) in [7, 11) is 0. The molecule has 1 N–H and O–H groups in total. The normalized spacial score (nSPS) is 9.89. The van der Waals surface area contributed by atoms with Crippen LogP contribution in [0.2, 0.25) is 5.02 Å². The quantitative estimate of drug-likeness (QED) is 0.756. The van der Waals surface area contributed by atoms with Gasteiger partial charge in [0.2, 0.25) is 0 Å². The van der Waals surface area contributed by atoms with Gasteiger partial charge in [0, 0.05) is 10.6 Å². The lowest BCUT2D eigenvalue weighted by Crippen LogP contribution is -2.28. The fourth-order valence-electron chi connectivity index (χ4n) is 2.36. The Morgan fingerprint density at radius 3 is 2.30 bits per heavy atom. The number of nitrogens with zero attached hydrogens (tertiary/aromatic N) is 4. The third-order valence-corrected chi connectivity index (χ3v) is 3.91. The maximum atomic E-state index is 12.7. The van der Waals surface area contributed by atoms with Crippen LogP contribution in [0.3, 0.4) is 0 Å². The molecule has 3 aromatic rings. The zero-order valence-electron chi connectivity index (χ0n) is 13.7. The van der Waals surface area contributed by atoms with Gasteiger partial charge in [-0.2, -0.15) is 20.3 Å². The minimum absolute atomic E-state index is 0.218. The van der Waals surface area contributed by atoms with Crippen LogP contribution in [0, 0.1) is 22.7 Å². The lowest BCUT2D eigenvalue weighted by atomic mass is 10.1. The van der Waals surface area contributed by atoms with Crippen LogP contribution in [0.25, 0.3) is 5.69 Å². The van der Waals surface area contributed by atoms with Gasteiger partial charge in [-0.25, -0.2) is 0 Å². The van der Waals surface area contributed by atoms with Crippen LogP contribution in [0.1, 0.15) is 21.6 Å². The second-order valence-corrected chi connectivity index (χ2v) is 5.77. The Morgan fingerprint density at radius 1 is 1.04 bits per heavy atom. The Kier molecular flexibility index (Phi) is 4.98. The number of hydrogen-bond acceptors (Lipinski definition) is 5. The lowest BCUT2D eigenvalue weighted by molar-refractivity contribution is 0.102. The molecule has 2 aromatic carbocycles. The standard InChI is InChI=1S/C19H10ClN5O2/c20-13-6-8-14(9-7-13)25-19(27)15(10-21)17(16(11-22)24-25)23-18(26)12-4-2-1-3-5-12/h1-9H,(H,23,26). The van der Waals surface area contributed by atoms with Gasteiger partial charge < -0.3 is 5.32 Å². The number of hydrogen-bond donors (Lipinski definition) is 1. The Hall–Kier alpha value is -3.94. The number of rotatable bonds is 3. The van der Waals surface area contributed by atoms with E-state index in [1.54, 1.807) is 48.5 Å². The largest absolute Gasteiger partial charge is 0.318 e. The lowest BCUT2D eigenvalue weighted by Gasteiger charge is -2.11. The van der Waals surface area contributed by atoms with Gasteiger partial charge in [-0.3, -0.25) is 9.59 Å². The summed E-state index contributed by atoms with van der Waals surface area (Å²) < 4.78 is 0.922. The van der Waals surface area contributed by atoms with E-state index in [2.05, 4.69) is 10.4 Å². The molecule has 3 rings (SSSR count).